The van der Waals surface area contributed by atoms with Crippen LogP contribution in [0.1, 0.15) is 23.2 Å². The Morgan fingerprint density at radius 1 is 0.673 bits per heavy atom. The second-order valence-electron chi connectivity index (χ2n) is 10.6. The molecule has 0 radical (unpaired) electrons. The first-order valence-corrected chi connectivity index (χ1v) is 16.1. The Kier molecular flexibility index (Phi) is 13.6. The smallest absolute Gasteiger partial charge is 0.335 e. The Morgan fingerprint density at radius 3 is 2.00 bits per heavy atom. The quantitative estimate of drug-likeness (QED) is 0.0439. The lowest BCUT2D eigenvalue weighted by Crippen LogP contribution is -2.14. The van der Waals surface area contributed by atoms with Gasteiger partial charge in [0.1, 0.15) is 24.7 Å². The molecule has 0 aliphatic rings. The molecule has 0 aromatic heterocycles. The largest absolute Gasteiger partial charge is 0.493 e. The van der Waals surface area contributed by atoms with Gasteiger partial charge in [-0.1, -0.05) is 43.5 Å². The van der Waals surface area contributed by atoms with Gasteiger partial charge in [0.15, 0.2) is 0 Å². The van der Waals surface area contributed by atoms with E-state index in [1.807, 2.05) is 54.6 Å². The zero-order valence-electron chi connectivity index (χ0n) is 27.0. The number of carbonyl (C=O) groups is 4. The monoisotopic (exact) mass is 684 g/mol. The summed E-state index contributed by atoms with van der Waals surface area (Å²) in [6, 6.07) is 26.4. The van der Waals surface area contributed by atoms with Crippen LogP contribution in [0.25, 0.3) is 21.9 Å². The van der Waals surface area contributed by atoms with E-state index < -0.39 is 24.5 Å². The van der Waals surface area contributed by atoms with Crippen LogP contribution in [-0.4, -0.2) is 68.3 Å². The molecule has 0 bridgehead atoms. The molecule has 254 valence electrons. The molecule has 10 nitrogen and oxygen atoms in total. The Labute approximate surface area is 288 Å². The predicted molar refractivity (Wildman–Crippen MR) is 186 cm³/mol. The molecule has 0 saturated heterocycles. The third-order valence-corrected chi connectivity index (χ3v) is 7.96. The molecule has 0 atom stereocenters. The fourth-order valence-electron chi connectivity index (χ4n) is 4.36. The number of aliphatic hydroxyl groups is 1. The highest BCUT2D eigenvalue weighted by molar-refractivity contribution is 8.14. The number of thioether (sulfide) groups is 1. The van der Waals surface area contributed by atoms with Crippen molar-refractivity contribution in [2.75, 3.05) is 40.1 Å². The third kappa shape index (κ3) is 11.1. The van der Waals surface area contributed by atoms with Crippen molar-refractivity contribution < 1.29 is 48.0 Å². The summed E-state index contributed by atoms with van der Waals surface area (Å²) in [5, 5.41) is 10.8. The van der Waals surface area contributed by atoms with Crippen molar-refractivity contribution in [2.45, 2.75) is 17.7 Å². The van der Waals surface area contributed by atoms with E-state index in [0.717, 1.165) is 38.6 Å². The minimum absolute atomic E-state index is 0.00663. The molecule has 1 N–H and O–H groups in total. The zero-order chi connectivity index (χ0) is 35.2. The number of esters is 3. The van der Waals surface area contributed by atoms with Gasteiger partial charge in [-0.15, -0.1) is 0 Å². The summed E-state index contributed by atoms with van der Waals surface area (Å²) in [6.07, 6.45) is 0.231. The lowest BCUT2D eigenvalue weighted by atomic mass is 10.0. The van der Waals surface area contributed by atoms with Crippen LogP contribution in [0.5, 0.6) is 11.5 Å². The van der Waals surface area contributed by atoms with Gasteiger partial charge < -0.3 is 28.8 Å². The fraction of sp³-hybridized carbons (Fsp3) is 0.211. The molecule has 11 heteroatoms. The van der Waals surface area contributed by atoms with Gasteiger partial charge in [0.2, 0.25) is 5.12 Å². The van der Waals surface area contributed by atoms with Gasteiger partial charge in [-0.2, -0.15) is 0 Å². The standard InChI is InChI=1S/C38H36O10S/c1-25(21-35(40)44-3)36(41)47-18-4-17-45-32-13-15-34(16-14-32)49-38(43)28-7-5-27(6-8-28)29-9-10-31-23-33(12-11-30(31)22-29)46-19-20-48-37(42)26(2)24-39/h5-16,22-23,39H,1-2,4,17-21,24H2,3H3. The van der Waals surface area contributed by atoms with Crippen molar-refractivity contribution in [3.8, 4) is 22.6 Å². The van der Waals surface area contributed by atoms with Gasteiger partial charge in [0.25, 0.3) is 0 Å². The second-order valence-corrected chi connectivity index (χ2v) is 11.6. The first kappa shape index (κ1) is 36.4. The van der Waals surface area contributed by atoms with Crippen LogP contribution in [0.3, 0.4) is 0 Å². The van der Waals surface area contributed by atoms with Crippen LogP contribution in [0, 0.1) is 0 Å². The minimum Gasteiger partial charge on any atom is -0.493 e. The second kappa shape index (κ2) is 18.2. The van der Waals surface area contributed by atoms with Crippen LogP contribution in [-0.2, 0) is 28.6 Å². The van der Waals surface area contributed by atoms with Crippen LogP contribution >= 0.6 is 11.8 Å². The number of rotatable bonds is 17. The molecule has 4 aromatic rings. The van der Waals surface area contributed by atoms with Crippen LogP contribution in [0.4, 0.5) is 0 Å². The van der Waals surface area contributed by atoms with E-state index in [9.17, 15) is 19.2 Å². The summed E-state index contributed by atoms with van der Waals surface area (Å²) >= 11 is 1.12. The van der Waals surface area contributed by atoms with E-state index in [1.165, 1.54) is 7.11 Å². The van der Waals surface area contributed by atoms with E-state index in [4.69, 9.17) is 24.1 Å². The molecule has 0 unspecified atom stereocenters. The van der Waals surface area contributed by atoms with Crippen LogP contribution in [0.15, 0.2) is 114 Å². The molecule has 0 amide bonds. The molecular formula is C38H36O10S. The maximum atomic E-state index is 13.0. The zero-order valence-corrected chi connectivity index (χ0v) is 27.8. The summed E-state index contributed by atoms with van der Waals surface area (Å²) in [5.41, 5.74) is 2.57. The lowest BCUT2D eigenvalue weighted by molar-refractivity contribution is -0.144. The van der Waals surface area contributed by atoms with E-state index in [1.54, 1.807) is 24.3 Å². The Hall–Kier alpha value is -5.39. The average molecular weight is 685 g/mol. The van der Waals surface area contributed by atoms with Crippen LogP contribution in [0.2, 0.25) is 0 Å². The van der Waals surface area contributed by atoms with Crippen molar-refractivity contribution in [2.24, 2.45) is 0 Å². The molecule has 0 aliphatic carbocycles. The summed E-state index contributed by atoms with van der Waals surface area (Å²) in [7, 11) is 1.23. The first-order valence-electron chi connectivity index (χ1n) is 15.3. The van der Waals surface area contributed by atoms with Gasteiger partial charge in [0.05, 0.1) is 38.9 Å². The van der Waals surface area contributed by atoms with Gasteiger partial charge in [-0.25, -0.2) is 9.59 Å². The number of ether oxygens (including phenoxy) is 5. The Bertz CT molecular complexity index is 1810. The van der Waals surface area contributed by atoms with E-state index in [2.05, 4.69) is 24.0 Å². The van der Waals surface area contributed by atoms with Crippen molar-refractivity contribution in [1.82, 2.24) is 0 Å². The molecule has 0 saturated carbocycles. The summed E-state index contributed by atoms with van der Waals surface area (Å²) < 4.78 is 26.0. The van der Waals surface area contributed by atoms with Gasteiger partial charge in [0, 0.05) is 22.5 Å². The lowest BCUT2D eigenvalue weighted by Gasteiger charge is -2.10. The van der Waals surface area contributed by atoms with Crippen LogP contribution < -0.4 is 9.47 Å². The number of hydrogen-bond donors (Lipinski definition) is 1. The number of benzene rings is 4. The maximum absolute atomic E-state index is 13.0. The highest BCUT2D eigenvalue weighted by atomic mass is 32.2. The van der Waals surface area contributed by atoms with E-state index in [0.29, 0.717) is 30.1 Å². The molecule has 4 rings (SSSR count). The average Bonchev–Trinajstić information content (AvgIpc) is 3.12. The molecule has 49 heavy (non-hydrogen) atoms. The molecule has 0 fully saturated rings. The fourth-order valence-corrected chi connectivity index (χ4v) is 5.10. The SMILES string of the molecule is C=C(CO)C(=O)OCCOc1ccc2cc(-c3ccc(C(=O)Sc4ccc(OCCCOC(=O)C(=C)CC(=O)OC)cc4)cc3)ccc2c1. The van der Waals surface area contributed by atoms with Gasteiger partial charge >= 0.3 is 17.9 Å². The maximum Gasteiger partial charge on any atom is 0.335 e. The normalized spacial score (nSPS) is 10.6. The summed E-state index contributed by atoms with van der Waals surface area (Å²) in [4.78, 5) is 48.3. The molecule has 0 aliphatic heterocycles. The third-order valence-electron chi connectivity index (χ3n) is 7.03. The number of hydrogen-bond acceptors (Lipinski definition) is 11. The van der Waals surface area contributed by atoms with E-state index in [-0.39, 0.29) is 42.5 Å². The molecule has 0 spiro atoms. The summed E-state index contributed by atoms with van der Waals surface area (Å²) in [6.45, 7) is 7.14. The first-order chi connectivity index (χ1) is 23.7. The predicted octanol–water partition coefficient (Wildman–Crippen LogP) is 6.34. The number of fused-ring (bicyclic) bond motifs is 1. The van der Waals surface area contributed by atoms with Gasteiger partial charge in [-0.05, 0) is 88.3 Å². The molecule has 0 heterocycles. The minimum atomic E-state index is -0.651. The van der Waals surface area contributed by atoms with Crippen molar-refractivity contribution >= 4 is 45.6 Å². The van der Waals surface area contributed by atoms with Crippen molar-refractivity contribution in [1.29, 1.82) is 0 Å². The number of carbonyl (C=O) groups excluding carboxylic acids is 4. The highest BCUT2D eigenvalue weighted by Crippen LogP contribution is 2.29. The van der Waals surface area contributed by atoms with Gasteiger partial charge in [-0.3, -0.25) is 9.59 Å². The van der Waals surface area contributed by atoms with E-state index >= 15 is 0 Å². The van der Waals surface area contributed by atoms with Crippen molar-refractivity contribution in [3.63, 3.8) is 0 Å². The number of aliphatic hydroxyl groups excluding tert-OH is 1. The Balaban J connectivity index is 1.22. The highest BCUT2D eigenvalue weighted by Gasteiger charge is 2.14. The molecular weight excluding hydrogens is 648 g/mol. The molecule has 4 aromatic carbocycles. The topological polar surface area (TPSA) is 135 Å². The Morgan fingerprint density at radius 2 is 1.29 bits per heavy atom. The van der Waals surface area contributed by atoms with Crippen molar-refractivity contribution in [3.05, 3.63) is 115 Å². The number of methoxy groups -OCH3 is 1. The summed E-state index contributed by atoms with van der Waals surface area (Å²) in [5.74, 6) is -0.603.